The molecule has 0 saturated heterocycles. The van der Waals surface area contributed by atoms with Gasteiger partial charge in [-0.3, -0.25) is 9.59 Å². The highest BCUT2D eigenvalue weighted by Crippen LogP contribution is 2.48. The summed E-state index contributed by atoms with van der Waals surface area (Å²) in [6.45, 7) is 0.887. The van der Waals surface area contributed by atoms with Crippen LogP contribution in [0.25, 0.3) is 0 Å². The Morgan fingerprint density at radius 2 is 2.19 bits per heavy atom. The van der Waals surface area contributed by atoms with Crippen LogP contribution in [0, 0.1) is 17.8 Å². The van der Waals surface area contributed by atoms with Gasteiger partial charge >= 0.3 is 0 Å². The number of aromatic nitrogens is 1. The number of carbonyl (C=O) groups is 1. The van der Waals surface area contributed by atoms with Gasteiger partial charge in [-0.2, -0.15) is 0 Å². The number of carbonyl (C=O) groups excluding carboxylic acids is 1. The molecule has 2 bridgehead atoms. The van der Waals surface area contributed by atoms with Gasteiger partial charge in [0, 0.05) is 31.5 Å². The molecular formula is C16H23N3O2. The quantitative estimate of drug-likeness (QED) is 0.909. The van der Waals surface area contributed by atoms with Crippen LogP contribution in [0.4, 0.5) is 5.69 Å². The first-order valence-corrected chi connectivity index (χ1v) is 7.73. The normalized spacial score (nSPS) is 27.0. The number of pyridine rings is 1. The van der Waals surface area contributed by atoms with Gasteiger partial charge in [0.2, 0.25) is 5.91 Å². The third-order valence-corrected chi connectivity index (χ3v) is 5.13. The molecule has 1 heterocycles. The molecule has 0 aliphatic heterocycles. The van der Waals surface area contributed by atoms with Crippen molar-refractivity contribution in [2.45, 2.75) is 32.2 Å². The summed E-state index contributed by atoms with van der Waals surface area (Å²) in [6.07, 6.45) is 6.84. The van der Waals surface area contributed by atoms with Gasteiger partial charge in [-0.1, -0.05) is 6.42 Å². The first-order valence-electron chi connectivity index (χ1n) is 7.73. The Kier molecular flexibility index (Phi) is 3.74. The summed E-state index contributed by atoms with van der Waals surface area (Å²) >= 11 is 0. The van der Waals surface area contributed by atoms with Crippen molar-refractivity contribution in [1.29, 1.82) is 0 Å². The number of nitrogen functional groups attached to an aromatic ring is 1. The maximum Gasteiger partial charge on any atom is 0.251 e. The molecule has 1 aromatic heterocycles. The lowest BCUT2D eigenvalue weighted by atomic mass is 9.88. The van der Waals surface area contributed by atoms with E-state index in [0.29, 0.717) is 11.6 Å². The van der Waals surface area contributed by atoms with Crippen molar-refractivity contribution in [2.24, 2.45) is 17.8 Å². The smallest absolute Gasteiger partial charge is 0.251 e. The number of likely N-dealkylation sites (N-methyl/N-ethyl adjacent to an activating group) is 1. The maximum absolute atomic E-state index is 12.3. The predicted octanol–water partition coefficient (Wildman–Crippen LogP) is 1.33. The molecule has 2 saturated carbocycles. The third kappa shape index (κ3) is 2.96. The summed E-state index contributed by atoms with van der Waals surface area (Å²) in [5, 5.41) is 0. The van der Waals surface area contributed by atoms with E-state index >= 15 is 0 Å². The Morgan fingerprint density at radius 1 is 1.38 bits per heavy atom. The third-order valence-electron chi connectivity index (χ3n) is 5.13. The lowest BCUT2D eigenvalue weighted by Crippen LogP contribution is -2.37. The van der Waals surface area contributed by atoms with Crippen molar-refractivity contribution in [1.82, 2.24) is 9.47 Å². The topological polar surface area (TPSA) is 68.3 Å². The number of hydrogen-bond acceptors (Lipinski definition) is 3. The van der Waals surface area contributed by atoms with E-state index in [9.17, 15) is 9.59 Å². The Morgan fingerprint density at radius 3 is 2.86 bits per heavy atom. The monoisotopic (exact) mass is 289 g/mol. The molecule has 1 aromatic rings. The van der Waals surface area contributed by atoms with Gasteiger partial charge in [0.1, 0.15) is 6.54 Å². The number of fused-ring (bicyclic) bond motifs is 2. The molecule has 0 aromatic carbocycles. The summed E-state index contributed by atoms with van der Waals surface area (Å²) in [7, 11) is 1.84. The Labute approximate surface area is 124 Å². The molecule has 2 aliphatic rings. The lowest BCUT2D eigenvalue weighted by Gasteiger charge is -2.27. The van der Waals surface area contributed by atoms with Crippen molar-refractivity contribution < 1.29 is 4.79 Å². The second kappa shape index (κ2) is 5.54. The fourth-order valence-corrected chi connectivity index (χ4v) is 3.99. The number of hydrogen-bond donors (Lipinski definition) is 1. The van der Waals surface area contributed by atoms with Gasteiger partial charge in [-0.05, 0) is 43.1 Å². The van der Waals surface area contributed by atoms with Crippen LogP contribution >= 0.6 is 0 Å². The minimum atomic E-state index is -0.189. The van der Waals surface area contributed by atoms with E-state index < -0.39 is 0 Å². The van der Waals surface area contributed by atoms with E-state index in [1.165, 1.54) is 42.5 Å². The van der Waals surface area contributed by atoms with Crippen molar-refractivity contribution in [2.75, 3.05) is 19.3 Å². The minimum absolute atomic E-state index is 0.0227. The van der Waals surface area contributed by atoms with Gasteiger partial charge in [-0.15, -0.1) is 0 Å². The van der Waals surface area contributed by atoms with Crippen LogP contribution in [0.1, 0.15) is 25.7 Å². The van der Waals surface area contributed by atoms with Crippen LogP contribution in [-0.4, -0.2) is 29.0 Å². The van der Waals surface area contributed by atoms with Crippen molar-refractivity contribution in [3.8, 4) is 0 Å². The van der Waals surface area contributed by atoms with Crippen LogP contribution in [0.2, 0.25) is 0 Å². The molecule has 0 radical (unpaired) electrons. The van der Waals surface area contributed by atoms with Gasteiger partial charge < -0.3 is 15.2 Å². The highest BCUT2D eigenvalue weighted by atomic mass is 16.2. The summed E-state index contributed by atoms with van der Waals surface area (Å²) in [4.78, 5) is 25.8. The first kappa shape index (κ1) is 14.2. The van der Waals surface area contributed by atoms with Gasteiger partial charge in [0.15, 0.2) is 0 Å². The predicted molar refractivity (Wildman–Crippen MR) is 81.7 cm³/mol. The molecule has 0 spiro atoms. The zero-order chi connectivity index (χ0) is 15.0. The molecule has 3 unspecified atom stereocenters. The van der Waals surface area contributed by atoms with E-state index in [1.807, 2.05) is 7.05 Å². The largest absolute Gasteiger partial charge is 0.398 e. The average Bonchev–Trinajstić information content (AvgIpc) is 3.05. The molecule has 2 fully saturated rings. The lowest BCUT2D eigenvalue weighted by molar-refractivity contribution is -0.131. The minimum Gasteiger partial charge on any atom is -0.398 e. The molecule has 21 heavy (non-hydrogen) atoms. The van der Waals surface area contributed by atoms with E-state index in [1.54, 1.807) is 11.0 Å². The molecule has 114 valence electrons. The highest BCUT2D eigenvalue weighted by molar-refractivity contribution is 5.75. The van der Waals surface area contributed by atoms with Crippen LogP contribution in [0.15, 0.2) is 23.1 Å². The molecule has 3 atom stereocenters. The summed E-state index contributed by atoms with van der Waals surface area (Å²) < 4.78 is 1.38. The van der Waals surface area contributed by atoms with Crippen LogP contribution in [0.3, 0.4) is 0 Å². The highest BCUT2D eigenvalue weighted by Gasteiger charge is 2.40. The standard InChI is InChI=1S/C16H23N3O2/c1-18(8-13-7-11-2-3-12(13)6-11)16(21)10-19-9-14(17)4-5-15(19)20/h4-5,9,11-13H,2-3,6-8,10,17H2,1H3. The summed E-state index contributed by atoms with van der Waals surface area (Å²) in [5.74, 6) is 2.32. The number of amides is 1. The molecule has 5 nitrogen and oxygen atoms in total. The second-order valence-corrected chi connectivity index (χ2v) is 6.64. The SMILES string of the molecule is CN(CC1CC2CCC1C2)C(=O)Cn1cc(N)ccc1=O. The molecule has 2 aliphatic carbocycles. The van der Waals surface area contributed by atoms with Gasteiger partial charge in [-0.25, -0.2) is 0 Å². The average molecular weight is 289 g/mol. The Bertz CT molecular complexity index is 595. The number of anilines is 1. The maximum atomic E-state index is 12.3. The number of nitrogens with zero attached hydrogens (tertiary/aromatic N) is 2. The fraction of sp³-hybridized carbons (Fsp3) is 0.625. The van der Waals surface area contributed by atoms with Crippen LogP contribution < -0.4 is 11.3 Å². The molecule has 5 heteroatoms. The Balaban J connectivity index is 1.60. The molecule has 3 rings (SSSR count). The van der Waals surface area contributed by atoms with Gasteiger partial charge in [0.25, 0.3) is 5.56 Å². The van der Waals surface area contributed by atoms with E-state index in [0.717, 1.165) is 18.4 Å². The second-order valence-electron chi connectivity index (χ2n) is 6.64. The van der Waals surface area contributed by atoms with Gasteiger partial charge in [0.05, 0.1) is 0 Å². The van der Waals surface area contributed by atoms with Crippen molar-refractivity contribution in [3.05, 3.63) is 28.7 Å². The molecular weight excluding hydrogens is 266 g/mol. The molecule has 2 N–H and O–H groups in total. The van der Waals surface area contributed by atoms with Crippen molar-refractivity contribution in [3.63, 3.8) is 0 Å². The summed E-state index contributed by atoms with van der Waals surface area (Å²) in [6, 6.07) is 2.96. The van der Waals surface area contributed by atoms with E-state index in [4.69, 9.17) is 5.73 Å². The number of rotatable bonds is 4. The van der Waals surface area contributed by atoms with Crippen molar-refractivity contribution >= 4 is 11.6 Å². The van der Waals surface area contributed by atoms with E-state index in [2.05, 4.69) is 0 Å². The molecule has 1 amide bonds. The van der Waals surface area contributed by atoms with E-state index in [-0.39, 0.29) is 18.0 Å². The zero-order valence-electron chi connectivity index (χ0n) is 12.5. The van der Waals surface area contributed by atoms with Crippen LogP contribution in [0.5, 0.6) is 0 Å². The first-order chi connectivity index (χ1) is 10.0. The Hall–Kier alpha value is -1.78. The fourth-order valence-electron chi connectivity index (χ4n) is 3.99. The zero-order valence-corrected chi connectivity index (χ0v) is 12.5. The summed E-state index contributed by atoms with van der Waals surface area (Å²) in [5.41, 5.74) is 5.98. The van der Waals surface area contributed by atoms with Crippen LogP contribution in [-0.2, 0) is 11.3 Å². The number of nitrogens with two attached hydrogens (primary N) is 1.